The molecule has 5 rings (SSSR count). The van der Waals surface area contributed by atoms with E-state index in [2.05, 4.69) is 37.0 Å². The normalized spacial score (nSPS) is 18.4. The van der Waals surface area contributed by atoms with Crippen molar-refractivity contribution in [2.75, 3.05) is 36.5 Å². The van der Waals surface area contributed by atoms with Crippen molar-refractivity contribution in [2.45, 2.75) is 25.2 Å². The van der Waals surface area contributed by atoms with E-state index < -0.39 is 0 Å². The van der Waals surface area contributed by atoms with Gasteiger partial charge in [0.05, 0.1) is 18.1 Å². The molecule has 2 aliphatic rings. The van der Waals surface area contributed by atoms with Gasteiger partial charge in [0.15, 0.2) is 5.82 Å². The Bertz CT molecular complexity index is 1050. The quantitative estimate of drug-likeness (QED) is 0.629. The third-order valence-electron chi connectivity index (χ3n) is 5.87. The number of hydrogen-bond donors (Lipinski definition) is 0. The molecular weight excluding hydrogens is 376 g/mol. The van der Waals surface area contributed by atoms with Crippen LogP contribution in [0.5, 0.6) is 0 Å². The summed E-state index contributed by atoms with van der Waals surface area (Å²) in [7, 11) is 2.03. The molecule has 0 N–H and O–H groups in total. The molecule has 1 atom stereocenters. The summed E-state index contributed by atoms with van der Waals surface area (Å²) < 4.78 is 1.76. The Kier molecular flexibility index (Phi) is 4.79. The van der Waals surface area contributed by atoms with Gasteiger partial charge in [0.2, 0.25) is 0 Å². The number of rotatable bonds is 6. The van der Waals surface area contributed by atoms with Crippen LogP contribution in [-0.2, 0) is 0 Å². The van der Waals surface area contributed by atoms with Gasteiger partial charge in [-0.2, -0.15) is 10.4 Å². The monoisotopic (exact) mass is 400 g/mol. The van der Waals surface area contributed by atoms with Gasteiger partial charge >= 0.3 is 0 Å². The first kappa shape index (κ1) is 18.6. The average molecular weight is 400 g/mol. The molecule has 3 aromatic heterocycles. The molecule has 0 radical (unpaired) electrons. The fraction of sp³-hybridized carbons (Fsp3) is 0.409. The Morgan fingerprint density at radius 1 is 1.20 bits per heavy atom. The van der Waals surface area contributed by atoms with Crippen LogP contribution >= 0.6 is 0 Å². The summed E-state index contributed by atoms with van der Waals surface area (Å²) in [6.07, 6.45) is 10.7. The minimum Gasteiger partial charge on any atom is -0.370 e. The molecule has 8 nitrogen and oxygen atoms in total. The van der Waals surface area contributed by atoms with E-state index in [0.29, 0.717) is 17.4 Å². The molecule has 1 saturated heterocycles. The maximum Gasteiger partial charge on any atom is 0.153 e. The van der Waals surface area contributed by atoms with Gasteiger partial charge in [-0.3, -0.25) is 0 Å². The van der Waals surface area contributed by atoms with E-state index in [9.17, 15) is 5.26 Å². The van der Waals surface area contributed by atoms with Crippen LogP contribution in [0.3, 0.4) is 0 Å². The van der Waals surface area contributed by atoms with E-state index >= 15 is 0 Å². The summed E-state index contributed by atoms with van der Waals surface area (Å²) in [5.41, 5.74) is 1.68. The van der Waals surface area contributed by atoms with Crippen molar-refractivity contribution >= 4 is 11.5 Å². The molecule has 0 spiro atoms. The van der Waals surface area contributed by atoms with Crippen molar-refractivity contribution in [2.24, 2.45) is 5.92 Å². The van der Waals surface area contributed by atoms with Crippen molar-refractivity contribution in [1.82, 2.24) is 24.7 Å². The van der Waals surface area contributed by atoms with Crippen LogP contribution < -0.4 is 9.80 Å². The fourth-order valence-corrected chi connectivity index (χ4v) is 4.09. The lowest BCUT2D eigenvalue weighted by Crippen LogP contribution is -2.29. The number of nitrogens with zero attached hydrogens (tertiary/aromatic N) is 8. The van der Waals surface area contributed by atoms with Gasteiger partial charge in [-0.1, -0.05) is 0 Å². The second-order valence-corrected chi connectivity index (χ2v) is 8.16. The van der Waals surface area contributed by atoms with Crippen LogP contribution in [0, 0.1) is 17.2 Å². The standard InChI is InChI=1S/C22H24N8/c1-28(22-18(11-23)12-25-21(27-22)17-3-4-17)14-16-7-10-29(15-16)19-5-6-20(24-13-19)30-9-2-8-26-30/h2,5-6,8-9,12-13,16-17H,3-4,7,10,14-15H2,1H3/t16-/m1/s1. The zero-order chi connectivity index (χ0) is 20.5. The van der Waals surface area contributed by atoms with Crippen molar-refractivity contribution in [1.29, 1.82) is 5.26 Å². The Labute approximate surface area is 175 Å². The summed E-state index contributed by atoms with van der Waals surface area (Å²) in [6.45, 7) is 2.84. The fourth-order valence-electron chi connectivity index (χ4n) is 4.09. The molecule has 152 valence electrons. The van der Waals surface area contributed by atoms with Gasteiger partial charge in [-0.25, -0.2) is 19.6 Å². The van der Waals surface area contributed by atoms with Crippen molar-refractivity contribution in [3.05, 3.63) is 54.4 Å². The second-order valence-electron chi connectivity index (χ2n) is 8.16. The largest absolute Gasteiger partial charge is 0.370 e. The minimum absolute atomic E-state index is 0.476. The summed E-state index contributed by atoms with van der Waals surface area (Å²) in [5, 5.41) is 13.7. The molecule has 1 saturated carbocycles. The Morgan fingerprint density at radius 2 is 2.10 bits per heavy atom. The molecule has 2 fully saturated rings. The van der Waals surface area contributed by atoms with Gasteiger partial charge in [-0.15, -0.1) is 0 Å². The summed E-state index contributed by atoms with van der Waals surface area (Å²) in [5.74, 6) is 3.44. The van der Waals surface area contributed by atoms with Gasteiger partial charge in [0.1, 0.15) is 23.3 Å². The third kappa shape index (κ3) is 3.71. The topological polar surface area (TPSA) is 86.8 Å². The Hall–Kier alpha value is -3.47. The minimum atomic E-state index is 0.476. The molecule has 8 heteroatoms. The zero-order valence-corrected chi connectivity index (χ0v) is 17.0. The molecule has 0 bridgehead atoms. The van der Waals surface area contributed by atoms with Crippen LogP contribution in [0.25, 0.3) is 5.82 Å². The highest BCUT2D eigenvalue weighted by molar-refractivity contribution is 5.53. The van der Waals surface area contributed by atoms with Crippen molar-refractivity contribution < 1.29 is 0 Å². The second kappa shape index (κ2) is 7.75. The smallest absolute Gasteiger partial charge is 0.153 e. The lowest BCUT2D eigenvalue weighted by atomic mass is 10.1. The van der Waals surface area contributed by atoms with Crippen LogP contribution in [-0.4, -0.2) is 51.4 Å². The van der Waals surface area contributed by atoms with Gasteiger partial charge in [-0.05, 0) is 43.4 Å². The SMILES string of the molecule is CN(C[C@H]1CCN(c2ccc(-n3cccn3)nc2)C1)c1nc(C2CC2)ncc1C#N. The van der Waals surface area contributed by atoms with Crippen molar-refractivity contribution in [3.63, 3.8) is 0 Å². The van der Waals surface area contributed by atoms with Crippen LogP contribution in [0.4, 0.5) is 11.5 Å². The van der Waals surface area contributed by atoms with Gasteiger partial charge in [0, 0.05) is 45.0 Å². The van der Waals surface area contributed by atoms with E-state index in [1.165, 1.54) is 0 Å². The number of nitriles is 1. The van der Waals surface area contributed by atoms with Gasteiger partial charge in [0.25, 0.3) is 0 Å². The highest BCUT2D eigenvalue weighted by atomic mass is 15.3. The number of hydrogen-bond acceptors (Lipinski definition) is 7. The number of pyridine rings is 1. The Morgan fingerprint density at radius 3 is 2.80 bits per heavy atom. The lowest BCUT2D eigenvalue weighted by molar-refractivity contribution is 0.580. The molecule has 30 heavy (non-hydrogen) atoms. The summed E-state index contributed by atoms with van der Waals surface area (Å²) >= 11 is 0. The highest BCUT2D eigenvalue weighted by Gasteiger charge is 2.29. The molecule has 4 heterocycles. The van der Waals surface area contributed by atoms with E-state index in [1.807, 2.05) is 31.6 Å². The maximum atomic E-state index is 9.48. The maximum absolute atomic E-state index is 9.48. The first-order valence-corrected chi connectivity index (χ1v) is 10.4. The lowest BCUT2D eigenvalue weighted by Gasteiger charge is -2.24. The molecule has 0 unspecified atom stereocenters. The average Bonchev–Trinajstić information content (AvgIpc) is 3.28. The number of aromatic nitrogens is 5. The molecule has 1 aliphatic heterocycles. The summed E-state index contributed by atoms with van der Waals surface area (Å²) in [6, 6.07) is 8.24. The molecule has 0 aromatic carbocycles. The van der Waals surface area contributed by atoms with Crippen LogP contribution in [0.15, 0.2) is 43.0 Å². The highest BCUT2D eigenvalue weighted by Crippen LogP contribution is 2.38. The van der Waals surface area contributed by atoms with E-state index in [0.717, 1.165) is 62.0 Å². The molecule has 3 aromatic rings. The van der Waals surface area contributed by atoms with Crippen LogP contribution in [0.2, 0.25) is 0 Å². The zero-order valence-electron chi connectivity index (χ0n) is 17.0. The van der Waals surface area contributed by atoms with Crippen molar-refractivity contribution in [3.8, 4) is 11.9 Å². The first-order chi connectivity index (χ1) is 14.7. The molecule has 1 aliphatic carbocycles. The van der Waals surface area contributed by atoms with E-state index in [4.69, 9.17) is 4.98 Å². The predicted octanol–water partition coefficient (Wildman–Crippen LogP) is 2.77. The third-order valence-corrected chi connectivity index (χ3v) is 5.87. The summed E-state index contributed by atoms with van der Waals surface area (Å²) in [4.78, 5) is 18.1. The predicted molar refractivity (Wildman–Crippen MR) is 114 cm³/mol. The Balaban J connectivity index is 1.24. The van der Waals surface area contributed by atoms with E-state index in [-0.39, 0.29) is 0 Å². The number of anilines is 2. The van der Waals surface area contributed by atoms with Gasteiger partial charge < -0.3 is 9.80 Å². The first-order valence-electron chi connectivity index (χ1n) is 10.4. The van der Waals surface area contributed by atoms with E-state index in [1.54, 1.807) is 17.1 Å². The van der Waals surface area contributed by atoms with Crippen LogP contribution in [0.1, 0.15) is 36.6 Å². The molecular formula is C22H24N8. The molecule has 0 amide bonds.